The Morgan fingerprint density at radius 1 is 1.27 bits per heavy atom. The molecular formula is C10H17N3OS. The average molecular weight is 227 g/mol. The molecule has 1 saturated heterocycles. The topological polar surface area (TPSA) is 38.3 Å². The van der Waals surface area contributed by atoms with Crippen LogP contribution in [0.2, 0.25) is 0 Å². The number of hydrogen-bond acceptors (Lipinski definition) is 5. The Balaban J connectivity index is 2.02. The van der Waals surface area contributed by atoms with Gasteiger partial charge in [-0.15, -0.1) is 4.37 Å². The fraction of sp³-hybridized carbons (Fsp3) is 0.800. The van der Waals surface area contributed by atoms with Crippen LogP contribution in [0.1, 0.15) is 32.6 Å². The standard InChI is InChI=1S/C10H17N3OS/c1-2-8-14-10-9(11-15-12-10)13-6-4-3-5-7-13/h2-8H2,1H3. The highest BCUT2D eigenvalue weighted by Gasteiger charge is 2.18. The molecule has 15 heavy (non-hydrogen) atoms. The van der Waals surface area contributed by atoms with Crippen molar-refractivity contribution in [2.75, 3.05) is 24.6 Å². The summed E-state index contributed by atoms with van der Waals surface area (Å²) in [6.07, 6.45) is 4.85. The van der Waals surface area contributed by atoms with Crippen LogP contribution in [-0.2, 0) is 0 Å². The predicted octanol–water partition coefficient (Wildman–Crippen LogP) is 2.32. The van der Waals surface area contributed by atoms with Gasteiger partial charge < -0.3 is 9.64 Å². The molecule has 2 rings (SSSR count). The molecule has 5 heteroatoms. The summed E-state index contributed by atoms with van der Waals surface area (Å²) in [6.45, 7) is 5.01. The molecule has 1 aliphatic rings. The van der Waals surface area contributed by atoms with Gasteiger partial charge in [0.05, 0.1) is 18.3 Å². The maximum atomic E-state index is 5.57. The van der Waals surface area contributed by atoms with Crippen LogP contribution in [0.15, 0.2) is 0 Å². The normalized spacial score (nSPS) is 16.7. The molecule has 0 amide bonds. The lowest BCUT2D eigenvalue weighted by Crippen LogP contribution is -2.30. The van der Waals surface area contributed by atoms with E-state index in [1.165, 1.54) is 31.0 Å². The van der Waals surface area contributed by atoms with Gasteiger partial charge in [-0.25, -0.2) is 0 Å². The Bertz CT molecular complexity index is 297. The second-order valence-corrected chi connectivity index (χ2v) is 4.32. The smallest absolute Gasteiger partial charge is 0.270 e. The van der Waals surface area contributed by atoms with Crippen molar-refractivity contribution in [3.63, 3.8) is 0 Å². The lowest BCUT2D eigenvalue weighted by atomic mass is 10.1. The molecule has 0 unspecified atom stereocenters. The van der Waals surface area contributed by atoms with E-state index in [0.717, 1.165) is 37.8 Å². The van der Waals surface area contributed by atoms with E-state index in [4.69, 9.17) is 4.74 Å². The minimum Gasteiger partial charge on any atom is -0.474 e. The van der Waals surface area contributed by atoms with Gasteiger partial charge in [-0.2, -0.15) is 4.37 Å². The van der Waals surface area contributed by atoms with Crippen LogP contribution < -0.4 is 9.64 Å². The summed E-state index contributed by atoms with van der Waals surface area (Å²) >= 11 is 1.24. The molecule has 0 radical (unpaired) electrons. The van der Waals surface area contributed by atoms with E-state index >= 15 is 0 Å². The summed E-state index contributed by atoms with van der Waals surface area (Å²) in [5, 5.41) is 0. The first kappa shape index (κ1) is 10.7. The molecule has 0 saturated carbocycles. The molecule has 0 atom stereocenters. The first-order valence-electron chi connectivity index (χ1n) is 5.62. The molecule has 0 N–H and O–H groups in total. The van der Waals surface area contributed by atoms with Gasteiger partial charge in [-0.05, 0) is 25.7 Å². The Morgan fingerprint density at radius 2 is 2.07 bits per heavy atom. The van der Waals surface area contributed by atoms with Crippen LogP contribution in [-0.4, -0.2) is 28.4 Å². The number of hydrogen-bond donors (Lipinski definition) is 0. The number of aromatic nitrogens is 2. The molecular weight excluding hydrogens is 210 g/mol. The van der Waals surface area contributed by atoms with Crippen LogP contribution >= 0.6 is 11.7 Å². The number of rotatable bonds is 4. The van der Waals surface area contributed by atoms with Crippen molar-refractivity contribution in [3.8, 4) is 5.88 Å². The Kier molecular flexibility index (Phi) is 3.77. The van der Waals surface area contributed by atoms with E-state index in [1.807, 2.05) is 0 Å². The molecule has 1 fully saturated rings. The Hall–Kier alpha value is -0.840. The van der Waals surface area contributed by atoms with Crippen molar-refractivity contribution in [3.05, 3.63) is 0 Å². The summed E-state index contributed by atoms with van der Waals surface area (Å²) in [4.78, 5) is 2.29. The largest absolute Gasteiger partial charge is 0.474 e. The number of piperidine rings is 1. The van der Waals surface area contributed by atoms with E-state index in [-0.39, 0.29) is 0 Å². The van der Waals surface area contributed by atoms with Crippen molar-refractivity contribution >= 4 is 17.5 Å². The van der Waals surface area contributed by atoms with Gasteiger partial charge in [0.1, 0.15) is 0 Å². The monoisotopic (exact) mass is 227 g/mol. The van der Waals surface area contributed by atoms with Gasteiger partial charge in [0.2, 0.25) is 5.82 Å². The third kappa shape index (κ3) is 2.59. The number of anilines is 1. The molecule has 1 aromatic rings. The molecule has 1 aromatic heterocycles. The number of ether oxygens (including phenoxy) is 1. The van der Waals surface area contributed by atoms with E-state index in [0.29, 0.717) is 0 Å². The third-order valence-corrected chi connectivity index (χ3v) is 3.04. The van der Waals surface area contributed by atoms with Gasteiger partial charge in [0, 0.05) is 13.1 Å². The molecule has 84 valence electrons. The summed E-state index contributed by atoms with van der Waals surface area (Å²) in [5.41, 5.74) is 0. The van der Waals surface area contributed by atoms with Crippen molar-refractivity contribution in [1.82, 2.24) is 8.75 Å². The first-order valence-corrected chi connectivity index (χ1v) is 6.35. The minimum absolute atomic E-state index is 0.726. The van der Waals surface area contributed by atoms with Gasteiger partial charge in [0.25, 0.3) is 5.88 Å². The van der Waals surface area contributed by atoms with Crippen LogP contribution in [0.4, 0.5) is 5.82 Å². The average Bonchev–Trinajstić information content (AvgIpc) is 2.75. The summed E-state index contributed by atoms with van der Waals surface area (Å²) < 4.78 is 14.1. The zero-order chi connectivity index (χ0) is 10.5. The maximum absolute atomic E-state index is 5.57. The zero-order valence-corrected chi connectivity index (χ0v) is 9.92. The molecule has 0 aromatic carbocycles. The SMILES string of the molecule is CCCOc1nsnc1N1CCCCC1. The van der Waals surface area contributed by atoms with Crippen LogP contribution in [0.25, 0.3) is 0 Å². The van der Waals surface area contributed by atoms with Crippen molar-refractivity contribution in [1.29, 1.82) is 0 Å². The fourth-order valence-corrected chi connectivity index (χ4v) is 2.28. The zero-order valence-electron chi connectivity index (χ0n) is 9.11. The highest BCUT2D eigenvalue weighted by atomic mass is 32.1. The molecule has 4 nitrogen and oxygen atoms in total. The second-order valence-electron chi connectivity index (χ2n) is 3.79. The van der Waals surface area contributed by atoms with Crippen molar-refractivity contribution in [2.45, 2.75) is 32.6 Å². The van der Waals surface area contributed by atoms with Crippen LogP contribution in [0.3, 0.4) is 0 Å². The quantitative estimate of drug-likeness (QED) is 0.791. The van der Waals surface area contributed by atoms with Crippen molar-refractivity contribution in [2.24, 2.45) is 0 Å². The lowest BCUT2D eigenvalue weighted by molar-refractivity contribution is 0.307. The van der Waals surface area contributed by atoms with Crippen LogP contribution in [0.5, 0.6) is 5.88 Å². The minimum atomic E-state index is 0.726. The Labute approximate surface area is 94.6 Å². The molecule has 0 bridgehead atoms. The molecule has 0 aliphatic carbocycles. The lowest BCUT2D eigenvalue weighted by Gasteiger charge is -2.26. The van der Waals surface area contributed by atoms with E-state index in [1.54, 1.807) is 0 Å². The van der Waals surface area contributed by atoms with E-state index in [2.05, 4.69) is 20.6 Å². The fourth-order valence-electron chi connectivity index (χ4n) is 1.76. The van der Waals surface area contributed by atoms with E-state index in [9.17, 15) is 0 Å². The molecule has 0 spiro atoms. The van der Waals surface area contributed by atoms with Gasteiger partial charge in [-0.3, -0.25) is 0 Å². The van der Waals surface area contributed by atoms with Gasteiger partial charge in [-0.1, -0.05) is 6.92 Å². The van der Waals surface area contributed by atoms with Gasteiger partial charge >= 0.3 is 0 Å². The number of nitrogens with zero attached hydrogens (tertiary/aromatic N) is 3. The summed E-state index contributed by atoms with van der Waals surface area (Å²) in [7, 11) is 0. The molecule has 1 aliphatic heterocycles. The first-order chi connectivity index (χ1) is 7.42. The summed E-state index contributed by atoms with van der Waals surface area (Å²) in [6, 6.07) is 0. The Morgan fingerprint density at radius 3 is 2.80 bits per heavy atom. The highest BCUT2D eigenvalue weighted by Crippen LogP contribution is 2.27. The van der Waals surface area contributed by atoms with Crippen molar-refractivity contribution < 1.29 is 4.74 Å². The maximum Gasteiger partial charge on any atom is 0.270 e. The summed E-state index contributed by atoms with van der Waals surface area (Å²) in [5.74, 6) is 1.68. The van der Waals surface area contributed by atoms with E-state index < -0.39 is 0 Å². The molecule has 2 heterocycles. The predicted molar refractivity (Wildman–Crippen MR) is 61.8 cm³/mol. The highest BCUT2D eigenvalue weighted by molar-refractivity contribution is 6.99. The van der Waals surface area contributed by atoms with Crippen LogP contribution in [0, 0.1) is 0 Å². The third-order valence-electron chi connectivity index (χ3n) is 2.54. The van der Waals surface area contributed by atoms with Gasteiger partial charge in [0.15, 0.2) is 0 Å². The second kappa shape index (κ2) is 5.30.